The second-order valence-electron chi connectivity index (χ2n) is 15.7. The minimum absolute atomic E-state index is 0. The Morgan fingerprint density at radius 2 is 0.962 bits per heavy atom. The quantitative estimate of drug-likeness (QED) is 0.158. The molecule has 1 radical (unpaired) electrons. The van der Waals surface area contributed by atoms with Gasteiger partial charge in [-0.3, -0.25) is 0 Å². The van der Waals surface area contributed by atoms with Gasteiger partial charge >= 0.3 is 308 Å². The molecule has 0 bridgehead atoms. The van der Waals surface area contributed by atoms with Crippen molar-refractivity contribution in [2.24, 2.45) is 0 Å². The molecule has 0 aliphatic heterocycles. The van der Waals surface area contributed by atoms with Gasteiger partial charge in [0.25, 0.3) is 0 Å². The Labute approximate surface area is 344 Å². The first-order valence-corrected chi connectivity index (χ1v) is 23.5. The second-order valence-corrected chi connectivity index (χ2v) is 22.9. The van der Waals surface area contributed by atoms with Crippen molar-refractivity contribution in [3.8, 4) is 0 Å². The molecule has 0 spiro atoms. The van der Waals surface area contributed by atoms with E-state index in [0.717, 1.165) is 0 Å². The molecule has 0 saturated heterocycles. The molecular formula is C48H63N2SnZr. The first kappa shape index (κ1) is 44.4. The summed E-state index contributed by atoms with van der Waals surface area (Å²) in [5.74, 6) is 2.33. The van der Waals surface area contributed by atoms with Crippen LogP contribution in [0.25, 0.3) is 22.8 Å². The summed E-state index contributed by atoms with van der Waals surface area (Å²) in [5.41, 5.74) is 16.7. The number of hydrogen-bond acceptors (Lipinski definition) is 0. The van der Waals surface area contributed by atoms with Crippen LogP contribution in [0.15, 0.2) is 90.0 Å². The molecule has 4 aromatic rings. The molecule has 2 atom stereocenters. The Bertz CT molecular complexity index is 1830. The van der Waals surface area contributed by atoms with E-state index in [1.807, 2.05) is 0 Å². The SMILES string of the molecule is CC1=Cc2c(C(C)C)cc(C(C)C)cc2C1c1cccc[c]1[Sn]([c]1ccccc1)[CH]1C(C)=Cc2c(C(C)C)cc(C(C)C)cc21.C[N-]C.C[N-]C.[Zr+2]. The topological polar surface area (TPSA) is 28.2 Å². The van der Waals surface area contributed by atoms with Gasteiger partial charge in [0.1, 0.15) is 0 Å². The number of benzene rings is 4. The summed E-state index contributed by atoms with van der Waals surface area (Å²) < 4.78 is 3.74. The van der Waals surface area contributed by atoms with Gasteiger partial charge in [-0.25, -0.2) is 0 Å². The maximum atomic E-state index is 3.50. The number of fused-ring (bicyclic) bond motifs is 2. The predicted octanol–water partition coefficient (Wildman–Crippen LogP) is 12.3. The van der Waals surface area contributed by atoms with Crippen molar-refractivity contribution in [2.45, 2.75) is 103 Å². The summed E-state index contributed by atoms with van der Waals surface area (Å²) in [6, 6.07) is 31.4. The molecule has 273 valence electrons. The van der Waals surface area contributed by atoms with Crippen LogP contribution in [0.1, 0.15) is 153 Å². The third-order valence-corrected chi connectivity index (χ3v) is 19.8. The number of allylic oxidation sites excluding steroid dienone is 2. The van der Waals surface area contributed by atoms with Crippen LogP contribution >= 0.6 is 0 Å². The minimum atomic E-state index is -2.64. The van der Waals surface area contributed by atoms with Gasteiger partial charge in [-0.1, -0.05) is 0 Å². The van der Waals surface area contributed by atoms with Crippen LogP contribution in [0.3, 0.4) is 0 Å². The fraction of sp³-hybridized carbons (Fsp3) is 0.417. The van der Waals surface area contributed by atoms with Crippen molar-refractivity contribution in [1.82, 2.24) is 0 Å². The van der Waals surface area contributed by atoms with Crippen LogP contribution in [0, 0.1) is 0 Å². The van der Waals surface area contributed by atoms with Gasteiger partial charge in [0.2, 0.25) is 0 Å². The third-order valence-electron chi connectivity index (χ3n) is 10.3. The van der Waals surface area contributed by atoms with Crippen molar-refractivity contribution in [2.75, 3.05) is 28.2 Å². The van der Waals surface area contributed by atoms with E-state index in [2.05, 4.69) is 171 Å². The van der Waals surface area contributed by atoms with E-state index in [9.17, 15) is 0 Å². The van der Waals surface area contributed by atoms with Crippen LogP contribution in [0.4, 0.5) is 0 Å². The Morgan fingerprint density at radius 3 is 1.46 bits per heavy atom. The van der Waals surface area contributed by atoms with E-state index in [1.165, 1.54) is 44.5 Å². The van der Waals surface area contributed by atoms with Gasteiger partial charge in [0.05, 0.1) is 0 Å². The molecule has 0 heterocycles. The molecule has 4 heteroatoms. The number of hydrogen-bond donors (Lipinski definition) is 0. The molecule has 0 saturated carbocycles. The molecule has 2 unspecified atom stereocenters. The summed E-state index contributed by atoms with van der Waals surface area (Å²) in [6.45, 7) is 23.6. The zero-order valence-electron chi connectivity index (χ0n) is 34.5. The standard InChI is InChI=1S/C22H25.C16H21.C6H5.2C2H6N.Sn.Zr/c1-14(2)18-12-19(15(3)4)20-11-16(5)22(21(20)13-18)17-9-7-6-8-10-17;1-10(2)13-8-14-6-12(5)7-16(14)15(9-13)11(3)4;1-2-4-6-5-3-1;2*1-3-2;;/h6-9,11-15,22H,1-5H3;6-11H,1-5H3;1-5H;2*1-2H3;;/q;;;2*-1;;+2. The van der Waals surface area contributed by atoms with Crippen molar-refractivity contribution < 1.29 is 26.2 Å². The maximum absolute atomic E-state index is 3.50. The number of rotatable bonds is 8. The molecule has 52 heavy (non-hydrogen) atoms. The van der Waals surface area contributed by atoms with Gasteiger partial charge in [0, 0.05) is 0 Å². The molecule has 2 aliphatic rings. The Morgan fingerprint density at radius 1 is 0.519 bits per heavy atom. The predicted molar refractivity (Wildman–Crippen MR) is 229 cm³/mol. The van der Waals surface area contributed by atoms with Crippen LogP contribution in [-0.2, 0) is 26.2 Å². The Hall–Kier alpha value is -2.04. The van der Waals surface area contributed by atoms with Gasteiger partial charge < -0.3 is 10.6 Å². The van der Waals surface area contributed by atoms with Crippen molar-refractivity contribution in [3.05, 3.63) is 151 Å². The first-order valence-electron chi connectivity index (χ1n) is 19.0. The van der Waals surface area contributed by atoms with Crippen molar-refractivity contribution in [1.29, 1.82) is 0 Å². The molecule has 4 aromatic carbocycles. The third kappa shape index (κ3) is 9.60. The molecule has 6 rings (SSSR count). The van der Waals surface area contributed by atoms with Crippen LogP contribution in [0.2, 0.25) is 0 Å². The van der Waals surface area contributed by atoms with E-state index >= 15 is 0 Å². The average molecular weight is 878 g/mol. The van der Waals surface area contributed by atoms with Gasteiger partial charge in [-0.05, 0) is 0 Å². The molecule has 2 aliphatic carbocycles. The zero-order valence-corrected chi connectivity index (χ0v) is 39.8. The Kier molecular flexibility index (Phi) is 17.1. The van der Waals surface area contributed by atoms with Gasteiger partial charge in [-0.15, -0.1) is 0 Å². The van der Waals surface area contributed by atoms with Crippen molar-refractivity contribution in [3.63, 3.8) is 0 Å². The Balaban J connectivity index is 0.000000975. The summed E-state index contributed by atoms with van der Waals surface area (Å²) >= 11 is -2.64. The fourth-order valence-electron chi connectivity index (χ4n) is 7.88. The molecule has 0 fully saturated rings. The van der Waals surface area contributed by atoms with E-state index in [0.29, 0.717) is 33.5 Å². The minimum Gasteiger partial charge on any atom is -0.668 e. The monoisotopic (exact) mass is 877 g/mol. The van der Waals surface area contributed by atoms with E-state index in [4.69, 9.17) is 0 Å². The summed E-state index contributed by atoms with van der Waals surface area (Å²) in [7, 11) is 7.00. The van der Waals surface area contributed by atoms with E-state index < -0.39 is 19.8 Å². The first-order chi connectivity index (χ1) is 24.3. The normalized spacial score (nSPS) is 15.8. The summed E-state index contributed by atoms with van der Waals surface area (Å²) in [5, 5.41) is 7.00. The molecule has 0 aromatic heterocycles. The maximum Gasteiger partial charge on any atom is 2.00 e. The van der Waals surface area contributed by atoms with Crippen molar-refractivity contribution >= 4 is 39.1 Å². The van der Waals surface area contributed by atoms with E-state index in [1.54, 1.807) is 52.0 Å². The van der Waals surface area contributed by atoms with Gasteiger partial charge in [0.15, 0.2) is 0 Å². The fourth-order valence-corrected chi connectivity index (χ4v) is 17.6. The van der Waals surface area contributed by atoms with Crippen LogP contribution < -0.4 is 7.16 Å². The summed E-state index contributed by atoms with van der Waals surface area (Å²) in [4.78, 5) is 0. The summed E-state index contributed by atoms with van der Waals surface area (Å²) in [6.07, 6.45) is 5.08. The van der Waals surface area contributed by atoms with Gasteiger partial charge in [-0.2, -0.15) is 28.2 Å². The molecule has 0 amide bonds. The average Bonchev–Trinajstić information content (AvgIpc) is 3.60. The largest absolute Gasteiger partial charge is 2.00 e. The zero-order chi connectivity index (χ0) is 37.6. The van der Waals surface area contributed by atoms with E-state index in [-0.39, 0.29) is 26.2 Å². The second kappa shape index (κ2) is 20.0. The van der Waals surface area contributed by atoms with Crippen LogP contribution in [0.5, 0.6) is 0 Å². The molecule has 2 nitrogen and oxygen atoms in total. The smallest absolute Gasteiger partial charge is 0.668 e. The number of nitrogens with zero attached hydrogens (tertiary/aromatic N) is 2. The van der Waals surface area contributed by atoms with Crippen LogP contribution in [-0.4, -0.2) is 48.0 Å². The molecule has 0 N–H and O–H groups in total. The molecular weight excluding hydrogens is 814 g/mol.